The van der Waals surface area contributed by atoms with Crippen LogP contribution in [0.25, 0.3) is 0 Å². The van der Waals surface area contributed by atoms with Crippen LogP contribution >= 0.6 is 0 Å². The molecule has 96 valence electrons. The lowest BCUT2D eigenvalue weighted by atomic mass is 9.99. The first-order chi connectivity index (χ1) is 7.22. The molecule has 1 atom stereocenters. The smallest absolute Gasteiger partial charge is 0.379 e. The van der Waals surface area contributed by atoms with Gasteiger partial charge in [0, 0.05) is 19.2 Å². The van der Waals surface area contributed by atoms with Crippen LogP contribution in [0, 0.1) is 0 Å². The third-order valence-corrected chi connectivity index (χ3v) is 2.76. The zero-order valence-corrected chi connectivity index (χ0v) is 9.68. The molecule has 0 aromatic carbocycles. The van der Waals surface area contributed by atoms with E-state index in [4.69, 9.17) is 10.5 Å². The van der Waals surface area contributed by atoms with Gasteiger partial charge in [0.2, 0.25) is 0 Å². The summed E-state index contributed by atoms with van der Waals surface area (Å²) in [5.41, 5.74) is 5.35. The van der Waals surface area contributed by atoms with Crippen molar-refractivity contribution in [2.75, 3.05) is 26.3 Å². The number of hydrogen-bond donors (Lipinski definition) is 1. The molecule has 16 heavy (non-hydrogen) atoms. The monoisotopic (exact) mass is 240 g/mol. The zero-order valence-electron chi connectivity index (χ0n) is 9.68. The van der Waals surface area contributed by atoms with E-state index >= 15 is 0 Å². The Balaban J connectivity index is 2.57. The fraction of sp³-hybridized carbons (Fsp3) is 1.00. The minimum absolute atomic E-state index is 0.178. The van der Waals surface area contributed by atoms with Crippen molar-refractivity contribution in [2.24, 2.45) is 5.73 Å². The number of halogens is 3. The molecular formula is C10H19F3N2O. The number of nitrogens with zero attached hydrogens (tertiary/aromatic N) is 1. The van der Waals surface area contributed by atoms with Crippen molar-refractivity contribution in [1.82, 2.24) is 4.90 Å². The van der Waals surface area contributed by atoms with Crippen LogP contribution in [0.2, 0.25) is 0 Å². The largest absolute Gasteiger partial charge is 0.401 e. The number of hydrogen-bond acceptors (Lipinski definition) is 3. The second-order valence-electron chi connectivity index (χ2n) is 4.78. The molecule has 1 fully saturated rings. The lowest BCUT2D eigenvalue weighted by Gasteiger charge is -2.34. The summed E-state index contributed by atoms with van der Waals surface area (Å²) in [5.74, 6) is 0. The maximum atomic E-state index is 12.4. The van der Waals surface area contributed by atoms with Crippen molar-refractivity contribution in [1.29, 1.82) is 0 Å². The quantitative estimate of drug-likeness (QED) is 0.806. The molecule has 3 nitrogen and oxygen atoms in total. The highest BCUT2D eigenvalue weighted by molar-refractivity contribution is 4.92. The Morgan fingerprint density at radius 3 is 2.44 bits per heavy atom. The lowest BCUT2D eigenvalue weighted by Crippen LogP contribution is -2.54. The van der Waals surface area contributed by atoms with Gasteiger partial charge in [0.1, 0.15) is 0 Å². The first-order valence-corrected chi connectivity index (χ1v) is 5.39. The van der Waals surface area contributed by atoms with Crippen molar-refractivity contribution in [3.8, 4) is 0 Å². The molecule has 1 rings (SSSR count). The number of rotatable bonds is 4. The second kappa shape index (κ2) is 4.89. The molecule has 1 aliphatic heterocycles. The molecule has 0 aromatic rings. The van der Waals surface area contributed by atoms with Gasteiger partial charge in [0.05, 0.1) is 18.7 Å². The number of ether oxygens (including phenoxy) is 1. The van der Waals surface area contributed by atoms with Gasteiger partial charge < -0.3 is 10.5 Å². The van der Waals surface area contributed by atoms with E-state index in [0.29, 0.717) is 19.6 Å². The molecule has 0 spiro atoms. The van der Waals surface area contributed by atoms with Crippen LogP contribution in [-0.4, -0.2) is 49.0 Å². The van der Waals surface area contributed by atoms with Gasteiger partial charge in [0.15, 0.2) is 0 Å². The Hall–Kier alpha value is -0.330. The molecule has 0 aliphatic carbocycles. The van der Waals surface area contributed by atoms with Crippen LogP contribution in [0.1, 0.15) is 20.3 Å². The molecule has 1 heterocycles. The van der Waals surface area contributed by atoms with E-state index in [1.165, 1.54) is 4.90 Å². The van der Waals surface area contributed by atoms with Crippen LogP contribution in [-0.2, 0) is 4.74 Å². The SMILES string of the molecule is CC(C)N(CC(F)(F)F)CC1(N)CCOC1. The van der Waals surface area contributed by atoms with Crippen molar-refractivity contribution in [3.63, 3.8) is 0 Å². The molecule has 0 bridgehead atoms. The van der Waals surface area contributed by atoms with E-state index in [-0.39, 0.29) is 12.6 Å². The maximum Gasteiger partial charge on any atom is 0.401 e. The summed E-state index contributed by atoms with van der Waals surface area (Å²) in [5, 5.41) is 0. The first kappa shape index (κ1) is 13.7. The Labute approximate surface area is 93.7 Å². The van der Waals surface area contributed by atoms with E-state index in [1.54, 1.807) is 13.8 Å². The van der Waals surface area contributed by atoms with Gasteiger partial charge >= 0.3 is 6.18 Å². The molecule has 2 N–H and O–H groups in total. The topological polar surface area (TPSA) is 38.5 Å². The molecular weight excluding hydrogens is 221 g/mol. The van der Waals surface area contributed by atoms with Crippen molar-refractivity contribution < 1.29 is 17.9 Å². The Bertz CT molecular complexity index is 225. The van der Waals surface area contributed by atoms with Crippen LogP contribution < -0.4 is 5.73 Å². The molecule has 1 aliphatic rings. The summed E-state index contributed by atoms with van der Waals surface area (Å²) in [6.07, 6.45) is -3.56. The molecule has 0 amide bonds. The molecule has 0 radical (unpaired) electrons. The fourth-order valence-corrected chi connectivity index (χ4v) is 1.80. The van der Waals surface area contributed by atoms with Crippen LogP contribution in [0.3, 0.4) is 0 Å². The van der Waals surface area contributed by atoms with E-state index in [1.807, 2.05) is 0 Å². The van der Waals surface area contributed by atoms with Crippen LogP contribution in [0.15, 0.2) is 0 Å². The normalized spacial score (nSPS) is 27.0. The average Bonchev–Trinajstić information content (AvgIpc) is 2.48. The van der Waals surface area contributed by atoms with E-state index < -0.39 is 18.3 Å². The van der Waals surface area contributed by atoms with Gasteiger partial charge in [-0.15, -0.1) is 0 Å². The van der Waals surface area contributed by atoms with Gasteiger partial charge in [-0.1, -0.05) is 0 Å². The van der Waals surface area contributed by atoms with Gasteiger partial charge in [0.25, 0.3) is 0 Å². The van der Waals surface area contributed by atoms with Crippen molar-refractivity contribution in [2.45, 2.75) is 38.0 Å². The molecule has 0 aromatic heterocycles. The lowest BCUT2D eigenvalue weighted by molar-refractivity contribution is -0.151. The summed E-state index contributed by atoms with van der Waals surface area (Å²) in [6.45, 7) is 3.67. The molecule has 1 saturated heterocycles. The van der Waals surface area contributed by atoms with Gasteiger partial charge in [-0.25, -0.2) is 0 Å². The molecule has 0 saturated carbocycles. The van der Waals surface area contributed by atoms with Gasteiger partial charge in [-0.05, 0) is 20.3 Å². The summed E-state index contributed by atoms with van der Waals surface area (Å²) >= 11 is 0. The van der Waals surface area contributed by atoms with Gasteiger partial charge in [-0.3, -0.25) is 4.90 Å². The fourth-order valence-electron chi connectivity index (χ4n) is 1.80. The van der Waals surface area contributed by atoms with Gasteiger partial charge in [-0.2, -0.15) is 13.2 Å². The predicted octanol–water partition coefficient (Wildman–Crippen LogP) is 1.38. The van der Waals surface area contributed by atoms with Crippen molar-refractivity contribution in [3.05, 3.63) is 0 Å². The van der Waals surface area contributed by atoms with Crippen molar-refractivity contribution >= 4 is 0 Å². The van der Waals surface area contributed by atoms with Crippen LogP contribution in [0.5, 0.6) is 0 Å². The summed E-state index contributed by atoms with van der Waals surface area (Å²) in [7, 11) is 0. The Morgan fingerprint density at radius 2 is 2.06 bits per heavy atom. The predicted molar refractivity (Wildman–Crippen MR) is 55.1 cm³/mol. The third kappa shape index (κ3) is 4.27. The van der Waals surface area contributed by atoms with Crippen LogP contribution in [0.4, 0.5) is 13.2 Å². The average molecular weight is 240 g/mol. The summed E-state index contributed by atoms with van der Waals surface area (Å²) in [4.78, 5) is 1.36. The first-order valence-electron chi connectivity index (χ1n) is 5.39. The Morgan fingerprint density at radius 1 is 1.44 bits per heavy atom. The minimum Gasteiger partial charge on any atom is -0.379 e. The third-order valence-electron chi connectivity index (χ3n) is 2.76. The van der Waals surface area contributed by atoms with E-state index in [9.17, 15) is 13.2 Å². The van der Waals surface area contributed by atoms with E-state index in [0.717, 1.165) is 0 Å². The minimum atomic E-state index is -4.18. The second-order valence-corrected chi connectivity index (χ2v) is 4.78. The maximum absolute atomic E-state index is 12.4. The summed E-state index contributed by atoms with van der Waals surface area (Å²) in [6, 6.07) is -0.178. The Kier molecular flexibility index (Phi) is 4.20. The molecule has 1 unspecified atom stereocenters. The number of nitrogens with two attached hydrogens (primary N) is 1. The highest BCUT2D eigenvalue weighted by atomic mass is 19.4. The summed E-state index contributed by atoms with van der Waals surface area (Å²) < 4.78 is 42.2. The standard InChI is InChI=1S/C10H19F3N2O/c1-8(2)15(6-10(11,12)13)5-9(14)3-4-16-7-9/h8H,3-7,14H2,1-2H3. The zero-order chi connectivity index (χ0) is 12.4. The number of alkyl halides is 3. The molecule has 6 heteroatoms. The highest BCUT2D eigenvalue weighted by Crippen LogP contribution is 2.22. The van der Waals surface area contributed by atoms with E-state index in [2.05, 4.69) is 0 Å². The highest BCUT2D eigenvalue weighted by Gasteiger charge is 2.38.